The summed E-state index contributed by atoms with van der Waals surface area (Å²) in [6.45, 7) is 11.1. The molecule has 2 unspecified atom stereocenters. The van der Waals surface area contributed by atoms with Crippen molar-refractivity contribution in [2.24, 2.45) is 16.8 Å². The van der Waals surface area contributed by atoms with Crippen LogP contribution in [0.2, 0.25) is 0 Å². The van der Waals surface area contributed by atoms with E-state index in [1.54, 1.807) is 7.11 Å². The van der Waals surface area contributed by atoms with Crippen LogP contribution in [0.25, 0.3) is 0 Å². The van der Waals surface area contributed by atoms with Crippen LogP contribution < -0.4 is 5.32 Å². The highest BCUT2D eigenvalue weighted by atomic mass is 16.5. The predicted octanol–water partition coefficient (Wildman–Crippen LogP) is 1.47. The molecule has 0 spiro atoms. The van der Waals surface area contributed by atoms with Gasteiger partial charge >= 0.3 is 0 Å². The Balaban J connectivity index is 1.78. The largest absolute Gasteiger partial charge is 0.382 e. The van der Waals surface area contributed by atoms with Gasteiger partial charge < -0.3 is 19.7 Å². The molecule has 0 bridgehead atoms. The first-order valence-electron chi connectivity index (χ1n) is 9.30. The molecular weight excluding hydrogens is 318 g/mol. The summed E-state index contributed by atoms with van der Waals surface area (Å²) in [6, 6.07) is 1.96. The lowest BCUT2D eigenvalue weighted by Gasteiger charge is -2.22. The van der Waals surface area contributed by atoms with Crippen molar-refractivity contribution in [3.05, 3.63) is 18.5 Å². The summed E-state index contributed by atoms with van der Waals surface area (Å²) in [7, 11) is 1.70. The average Bonchev–Trinajstić information content (AvgIpc) is 3.27. The first kappa shape index (κ1) is 19.7. The minimum atomic E-state index is 0.448. The summed E-state index contributed by atoms with van der Waals surface area (Å²) in [4.78, 5) is 7.21. The number of methoxy groups -OCH3 is 1. The lowest BCUT2D eigenvalue weighted by atomic mass is 10.1. The Kier molecular flexibility index (Phi) is 8.76. The second kappa shape index (κ2) is 11.1. The Morgan fingerprint density at radius 3 is 3.04 bits per heavy atom. The molecule has 25 heavy (non-hydrogen) atoms. The van der Waals surface area contributed by atoms with Crippen molar-refractivity contribution in [2.45, 2.75) is 26.8 Å². The maximum absolute atomic E-state index is 5.68. The molecule has 2 atom stereocenters. The van der Waals surface area contributed by atoms with Gasteiger partial charge in [0.05, 0.1) is 19.8 Å². The monoisotopic (exact) mass is 351 g/mol. The fourth-order valence-electron chi connectivity index (χ4n) is 3.01. The van der Waals surface area contributed by atoms with E-state index in [0.717, 1.165) is 51.7 Å². The number of ether oxygens (including phenoxy) is 2. The van der Waals surface area contributed by atoms with Gasteiger partial charge in [-0.1, -0.05) is 6.92 Å². The zero-order valence-corrected chi connectivity index (χ0v) is 15.9. The van der Waals surface area contributed by atoms with Crippen LogP contribution in [0, 0.1) is 11.8 Å². The number of hydrogen-bond acceptors (Lipinski definition) is 4. The van der Waals surface area contributed by atoms with Crippen LogP contribution in [0.1, 0.15) is 20.3 Å². The summed E-state index contributed by atoms with van der Waals surface area (Å²) in [6.07, 6.45) is 4.97. The summed E-state index contributed by atoms with van der Waals surface area (Å²) in [5.74, 6) is 2.04. The molecule has 2 rings (SSSR count). The van der Waals surface area contributed by atoms with Gasteiger partial charge in [0.2, 0.25) is 0 Å². The highest BCUT2D eigenvalue weighted by molar-refractivity contribution is 5.80. The molecule has 0 radical (unpaired) electrons. The smallest absolute Gasteiger partial charge is 0.193 e. The Morgan fingerprint density at radius 1 is 1.44 bits per heavy atom. The number of nitrogens with one attached hydrogen (secondary N) is 1. The number of nitrogens with zero attached hydrogens (tertiary/aromatic N) is 4. The van der Waals surface area contributed by atoms with Crippen LogP contribution in [0.3, 0.4) is 0 Å². The van der Waals surface area contributed by atoms with Gasteiger partial charge in [0.15, 0.2) is 5.96 Å². The number of hydrogen-bond donors (Lipinski definition) is 1. The lowest BCUT2D eigenvalue weighted by Crippen LogP contribution is -2.40. The van der Waals surface area contributed by atoms with Crippen LogP contribution in [-0.2, 0) is 16.0 Å². The number of aromatic nitrogens is 2. The molecule has 0 aromatic carbocycles. The number of rotatable bonds is 10. The first-order valence-corrected chi connectivity index (χ1v) is 9.30. The van der Waals surface area contributed by atoms with Crippen LogP contribution >= 0.6 is 0 Å². The zero-order chi connectivity index (χ0) is 17.9. The molecule has 1 saturated heterocycles. The molecule has 1 fully saturated rings. The van der Waals surface area contributed by atoms with Crippen molar-refractivity contribution >= 4 is 5.96 Å². The van der Waals surface area contributed by atoms with Crippen LogP contribution in [0.4, 0.5) is 0 Å². The highest BCUT2D eigenvalue weighted by Gasteiger charge is 2.25. The fraction of sp³-hybridized carbons (Fsp3) is 0.778. The Bertz CT molecular complexity index is 492. The number of likely N-dealkylation sites (tertiary alicyclic amines) is 1. The maximum Gasteiger partial charge on any atom is 0.193 e. The standard InChI is InChI=1S/C18H33N5O2/c1-4-19-18(20-12-16(2)13-23-8-5-7-21-23)22-9-6-17(14-22)15-25-11-10-24-3/h5,7-8,16-17H,4,6,9-15H2,1-3H3,(H,19,20). The Labute approximate surface area is 151 Å². The Hall–Kier alpha value is -1.60. The molecule has 1 aliphatic heterocycles. The summed E-state index contributed by atoms with van der Waals surface area (Å²) in [5.41, 5.74) is 0. The molecule has 0 aliphatic carbocycles. The van der Waals surface area contributed by atoms with Crippen molar-refractivity contribution in [3.8, 4) is 0 Å². The van der Waals surface area contributed by atoms with E-state index in [9.17, 15) is 0 Å². The normalized spacial score (nSPS) is 19.4. The first-order chi connectivity index (χ1) is 12.2. The summed E-state index contributed by atoms with van der Waals surface area (Å²) < 4.78 is 12.7. The van der Waals surface area contributed by atoms with Crippen molar-refractivity contribution < 1.29 is 9.47 Å². The van der Waals surface area contributed by atoms with Gasteiger partial charge in [0, 0.05) is 58.1 Å². The third-order valence-corrected chi connectivity index (χ3v) is 4.32. The molecule has 1 aromatic heterocycles. The molecule has 1 aliphatic rings. The SMILES string of the molecule is CCNC(=NCC(C)Cn1cccn1)N1CCC(COCCOC)C1. The van der Waals surface area contributed by atoms with Gasteiger partial charge in [-0.25, -0.2) is 0 Å². The van der Waals surface area contributed by atoms with E-state index in [0.29, 0.717) is 25.0 Å². The van der Waals surface area contributed by atoms with Gasteiger partial charge in [-0.2, -0.15) is 5.10 Å². The van der Waals surface area contributed by atoms with Crippen LogP contribution in [0.15, 0.2) is 23.5 Å². The maximum atomic E-state index is 5.68. The number of aliphatic imine (C=N–C) groups is 1. The molecule has 7 heteroatoms. The van der Waals surface area contributed by atoms with Gasteiger partial charge in [0.25, 0.3) is 0 Å². The molecular formula is C18H33N5O2. The highest BCUT2D eigenvalue weighted by Crippen LogP contribution is 2.17. The molecule has 2 heterocycles. The number of guanidine groups is 1. The van der Waals surface area contributed by atoms with Gasteiger partial charge in [-0.15, -0.1) is 0 Å². The summed E-state index contributed by atoms with van der Waals surface area (Å²) >= 11 is 0. The molecule has 0 amide bonds. The van der Waals surface area contributed by atoms with E-state index in [1.807, 2.05) is 23.1 Å². The van der Waals surface area contributed by atoms with E-state index in [2.05, 4.69) is 29.2 Å². The molecule has 7 nitrogen and oxygen atoms in total. The molecule has 142 valence electrons. The molecule has 1 aromatic rings. The van der Waals surface area contributed by atoms with E-state index in [-0.39, 0.29) is 0 Å². The fourth-order valence-corrected chi connectivity index (χ4v) is 3.01. The minimum absolute atomic E-state index is 0.448. The van der Waals surface area contributed by atoms with E-state index in [4.69, 9.17) is 14.5 Å². The Morgan fingerprint density at radius 2 is 2.32 bits per heavy atom. The summed E-state index contributed by atoms with van der Waals surface area (Å²) in [5, 5.41) is 7.70. The third-order valence-electron chi connectivity index (χ3n) is 4.32. The van der Waals surface area contributed by atoms with Gasteiger partial charge in [0.1, 0.15) is 0 Å². The van der Waals surface area contributed by atoms with E-state index in [1.165, 1.54) is 0 Å². The predicted molar refractivity (Wildman–Crippen MR) is 99.7 cm³/mol. The minimum Gasteiger partial charge on any atom is -0.382 e. The van der Waals surface area contributed by atoms with Gasteiger partial charge in [-0.05, 0) is 25.3 Å². The van der Waals surface area contributed by atoms with Crippen LogP contribution in [0.5, 0.6) is 0 Å². The lowest BCUT2D eigenvalue weighted by molar-refractivity contribution is 0.0536. The molecule has 0 saturated carbocycles. The second-order valence-electron chi connectivity index (χ2n) is 6.70. The third kappa shape index (κ3) is 7.04. The van der Waals surface area contributed by atoms with Gasteiger partial charge in [-0.3, -0.25) is 9.67 Å². The van der Waals surface area contributed by atoms with Crippen LogP contribution in [-0.4, -0.2) is 73.7 Å². The van der Waals surface area contributed by atoms with Crippen molar-refractivity contribution in [3.63, 3.8) is 0 Å². The zero-order valence-electron chi connectivity index (χ0n) is 15.9. The average molecular weight is 351 g/mol. The second-order valence-corrected chi connectivity index (χ2v) is 6.70. The van der Waals surface area contributed by atoms with Crippen molar-refractivity contribution in [2.75, 3.05) is 53.1 Å². The van der Waals surface area contributed by atoms with Crippen molar-refractivity contribution in [1.29, 1.82) is 0 Å². The molecule has 1 N–H and O–H groups in total. The topological polar surface area (TPSA) is 63.9 Å². The van der Waals surface area contributed by atoms with E-state index >= 15 is 0 Å². The quantitative estimate of drug-likeness (QED) is 0.393. The van der Waals surface area contributed by atoms with E-state index < -0.39 is 0 Å². The van der Waals surface area contributed by atoms with Crippen molar-refractivity contribution in [1.82, 2.24) is 20.0 Å².